The molecule has 19 heavy (non-hydrogen) atoms. The van der Waals surface area contributed by atoms with Gasteiger partial charge in [0.15, 0.2) is 11.3 Å². The first-order valence-electron chi connectivity index (χ1n) is 6.04. The molecule has 1 aliphatic rings. The van der Waals surface area contributed by atoms with E-state index in [1.165, 1.54) is 6.07 Å². The standard InChI is InChI=1S/C14H14O5/c1-14(2,17)9-6-8-5-7-3-4-10(15)19-12(7)11(16)13(8)18-9/h3-5,9,16-17H,6H2,1-2H3/t9-/m1/s1. The van der Waals surface area contributed by atoms with Gasteiger partial charge in [0.25, 0.3) is 0 Å². The predicted molar refractivity (Wildman–Crippen MR) is 68.6 cm³/mol. The lowest BCUT2D eigenvalue weighted by Crippen LogP contribution is -2.39. The molecule has 1 atom stereocenters. The van der Waals surface area contributed by atoms with Gasteiger partial charge in [0, 0.05) is 23.4 Å². The average Bonchev–Trinajstić information content (AvgIpc) is 2.74. The summed E-state index contributed by atoms with van der Waals surface area (Å²) < 4.78 is 10.6. The summed E-state index contributed by atoms with van der Waals surface area (Å²) in [7, 11) is 0. The van der Waals surface area contributed by atoms with E-state index in [1.54, 1.807) is 26.0 Å². The third-order valence-corrected chi connectivity index (χ3v) is 3.37. The molecule has 0 radical (unpaired) electrons. The zero-order chi connectivity index (χ0) is 13.8. The summed E-state index contributed by atoms with van der Waals surface area (Å²) in [5.74, 6) is 0.103. The zero-order valence-electron chi connectivity index (χ0n) is 10.6. The number of aliphatic hydroxyl groups is 1. The van der Waals surface area contributed by atoms with Gasteiger partial charge in [0.2, 0.25) is 5.75 Å². The average molecular weight is 262 g/mol. The summed E-state index contributed by atoms with van der Waals surface area (Å²) in [6.07, 6.45) is 0.0681. The van der Waals surface area contributed by atoms with Gasteiger partial charge in [-0.25, -0.2) is 4.79 Å². The molecule has 0 amide bonds. The maximum Gasteiger partial charge on any atom is 0.336 e. The van der Waals surface area contributed by atoms with Gasteiger partial charge in [0.05, 0.1) is 5.60 Å². The first-order valence-corrected chi connectivity index (χ1v) is 6.04. The van der Waals surface area contributed by atoms with E-state index in [0.29, 0.717) is 11.8 Å². The molecule has 0 unspecified atom stereocenters. The van der Waals surface area contributed by atoms with Crippen LogP contribution in [0.15, 0.2) is 27.4 Å². The fraction of sp³-hybridized carbons (Fsp3) is 0.357. The van der Waals surface area contributed by atoms with Crippen LogP contribution in [0, 0.1) is 0 Å². The number of phenolic OH excluding ortho intramolecular Hbond substituents is 1. The number of rotatable bonds is 1. The monoisotopic (exact) mass is 262 g/mol. The molecule has 100 valence electrons. The minimum absolute atomic E-state index is 0.114. The van der Waals surface area contributed by atoms with Crippen molar-refractivity contribution in [2.24, 2.45) is 0 Å². The molecule has 0 saturated carbocycles. The molecular formula is C14H14O5. The molecule has 2 heterocycles. The summed E-state index contributed by atoms with van der Waals surface area (Å²) in [6.45, 7) is 3.31. The highest BCUT2D eigenvalue weighted by Gasteiger charge is 2.37. The van der Waals surface area contributed by atoms with Gasteiger partial charge < -0.3 is 19.4 Å². The largest absolute Gasteiger partial charge is 0.502 e. The summed E-state index contributed by atoms with van der Waals surface area (Å²) in [4.78, 5) is 11.2. The number of phenols is 1. The molecule has 5 nitrogen and oxygen atoms in total. The Kier molecular flexibility index (Phi) is 2.37. The van der Waals surface area contributed by atoms with Crippen LogP contribution < -0.4 is 10.4 Å². The van der Waals surface area contributed by atoms with E-state index >= 15 is 0 Å². The van der Waals surface area contributed by atoms with Crippen LogP contribution in [-0.4, -0.2) is 21.9 Å². The van der Waals surface area contributed by atoms with E-state index in [1.807, 2.05) is 0 Å². The lowest BCUT2D eigenvalue weighted by atomic mass is 9.97. The number of ether oxygens (including phenoxy) is 1. The Morgan fingerprint density at radius 1 is 1.37 bits per heavy atom. The Morgan fingerprint density at radius 2 is 2.11 bits per heavy atom. The molecule has 1 aromatic carbocycles. The highest BCUT2D eigenvalue weighted by molar-refractivity contribution is 5.86. The maximum atomic E-state index is 11.2. The van der Waals surface area contributed by atoms with E-state index in [2.05, 4.69) is 0 Å². The third kappa shape index (κ3) is 1.86. The molecular weight excluding hydrogens is 248 g/mol. The zero-order valence-corrected chi connectivity index (χ0v) is 10.6. The van der Waals surface area contributed by atoms with E-state index in [0.717, 1.165) is 5.56 Å². The lowest BCUT2D eigenvalue weighted by molar-refractivity contribution is -0.0235. The van der Waals surface area contributed by atoms with E-state index < -0.39 is 17.3 Å². The van der Waals surface area contributed by atoms with Crippen molar-refractivity contribution in [2.45, 2.75) is 32.0 Å². The van der Waals surface area contributed by atoms with Crippen molar-refractivity contribution in [3.05, 3.63) is 34.2 Å². The van der Waals surface area contributed by atoms with Crippen molar-refractivity contribution in [2.75, 3.05) is 0 Å². The van der Waals surface area contributed by atoms with Crippen LogP contribution in [-0.2, 0) is 6.42 Å². The van der Waals surface area contributed by atoms with Gasteiger partial charge in [-0.05, 0) is 26.0 Å². The first kappa shape index (κ1) is 12.0. The maximum absolute atomic E-state index is 11.2. The number of aromatic hydroxyl groups is 1. The Balaban J connectivity index is 2.18. The molecule has 1 aliphatic heterocycles. The summed E-state index contributed by atoms with van der Waals surface area (Å²) >= 11 is 0. The van der Waals surface area contributed by atoms with Crippen LogP contribution in [0.25, 0.3) is 11.0 Å². The quantitative estimate of drug-likeness (QED) is 0.762. The van der Waals surface area contributed by atoms with Gasteiger partial charge in [0.1, 0.15) is 6.10 Å². The summed E-state index contributed by atoms with van der Waals surface area (Å²) in [5, 5.41) is 20.8. The van der Waals surface area contributed by atoms with Crippen molar-refractivity contribution in [1.82, 2.24) is 0 Å². The van der Waals surface area contributed by atoms with Crippen LogP contribution in [0.3, 0.4) is 0 Å². The van der Waals surface area contributed by atoms with Crippen LogP contribution in [0.4, 0.5) is 0 Å². The fourth-order valence-electron chi connectivity index (χ4n) is 2.29. The van der Waals surface area contributed by atoms with Crippen LogP contribution >= 0.6 is 0 Å². The van der Waals surface area contributed by atoms with E-state index in [9.17, 15) is 15.0 Å². The van der Waals surface area contributed by atoms with E-state index in [4.69, 9.17) is 9.15 Å². The molecule has 0 saturated heterocycles. The number of benzene rings is 1. The Morgan fingerprint density at radius 3 is 2.79 bits per heavy atom. The highest BCUT2D eigenvalue weighted by atomic mass is 16.5. The summed E-state index contributed by atoms with van der Waals surface area (Å²) in [6, 6.07) is 4.70. The molecule has 3 rings (SSSR count). The van der Waals surface area contributed by atoms with Crippen LogP contribution in [0.5, 0.6) is 11.5 Å². The SMILES string of the molecule is CC(C)(O)[C@H]1Cc2cc3ccc(=O)oc3c(O)c2O1. The van der Waals surface area contributed by atoms with Crippen LogP contribution in [0.2, 0.25) is 0 Å². The molecule has 0 aliphatic carbocycles. The number of hydrogen-bond acceptors (Lipinski definition) is 5. The summed E-state index contributed by atoms with van der Waals surface area (Å²) in [5.41, 5.74) is -0.633. The highest BCUT2D eigenvalue weighted by Crippen LogP contribution is 2.43. The van der Waals surface area contributed by atoms with Crippen molar-refractivity contribution < 1.29 is 19.4 Å². The smallest absolute Gasteiger partial charge is 0.336 e. The van der Waals surface area contributed by atoms with Gasteiger partial charge >= 0.3 is 5.63 Å². The van der Waals surface area contributed by atoms with Crippen molar-refractivity contribution in [3.8, 4) is 11.5 Å². The fourth-order valence-corrected chi connectivity index (χ4v) is 2.29. The number of hydrogen-bond donors (Lipinski definition) is 2. The minimum Gasteiger partial charge on any atom is -0.502 e. The molecule has 2 aromatic rings. The Labute approximate surface area is 109 Å². The minimum atomic E-state index is -1.02. The van der Waals surface area contributed by atoms with Crippen molar-refractivity contribution in [1.29, 1.82) is 0 Å². The molecule has 2 N–H and O–H groups in total. The number of fused-ring (bicyclic) bond motifs is 2. The predicted octanol–water partition coefficient (Wildman–Crippen LogP) is 1.57. The lowest BCUT2D eigenvalue weighted by Gasteiger charge is -2.24. The molecule has 0 fully saturated rings. The molecule has 5 heteroatoms. The van der Waals surface area contributed by atoms with Gasteiger partial charge in [-0.1, -0.05) is 0 Å². The van der Waals surface area contributed by atoms with Crippen molar-refractivity contribution in [3.63, 3.8) is 0 Å². The Hall–Kier alpha value is -2.01. The van der Waals surface area contributed by atoms with Gasteiger partial charge in [-0.15, -0.1) is 0 Å². The van der Waals surface area contributed by atoms with Gasteiger partial charge in [-0.3, -0.25) is 0 Å². The molecule has 1 aromatic heterocycles. The second-order valence-electron chi connectivity index (χ2n) is 5.35. The van der Waals surface area contributed by atoms with Crippen molar-refractivity contribution >= 4 is 11.0 Å². The Bertz CT molecular complexity index is 708. The van der Waals surface area contributed by atoms with Crippen LogP contribution in [0.1, 0.15) is 19.4 Å². The molecule has 0 bridgehead atoms. The van der Waals surface area contributed by atoms with Gasteiger partial charge in [-0.2, -0.15) is 0 Å². The second kappa shape index (κ2) is 3.74. The second-order valence-corrected chi connectivity index (χ2v) is 5.35. The topological polar surface area (TPSA) is 79.9 Å². The third-order valence-electron chi connectivity index (χ3n) is 3.37. The molecule has 0 spiro atoms. The first-order chi connectivity index (χ1) is 8.86. The normalized spacial score (nSPS) is 18.4. The van der Waals surface area contributed by atoms with E-state index in [-0.39, 0.29) is 17.1 Å².